The third kappa shape index (κ3) is 3.67. The average Bonchev–Trinajstić information content (AvgIpc) is 3.37. The van der Waals surface area contributed by atoms with Gasteiger partial charge in [0.05, 0.1) is 17.6 Å². The molecule has 144 valence electrons. The lowest BCUT2D eigenvalue weighted by atomic mass is 9.93. The van der Waals surface area contributed by atoms with E-state index in [1.54, 1.807) is 18.2 Å². The first kappa shape index (κ1) is 18.6. The summed E-state index contributed by atoms with van der Waals surface area (Å²) >= 11 is 1.48. The monoisotopic (exact) mass is 406 g/mol. The summed E-state index contributed by atoms with van der Waals surface area (Å²) in [6.07, 6.45) is -0.103. The standard InChI is InChI=1S/C19H22N2O4S2/c1-13-2-4-16(5-3-13)27(23,24)21-9-17-15(11-25-18(17)10-21)8-20-19(22)14-6-7-26-12-14/h2-7,12,15,17-18H,8-11H2,1H3,(H,20,22)/t15-,17+,18+/m0/s1. The van der Waals surface area contributed by atoms with Crippen LogP contribution in [0.5, 0.6) is 0 Å². The molecule has 2 aromatic rings. The first-order chi connectivity index (χ1) is 12.9. The van der Waals surface area contributed by atoms with Crippen LogP contribution in [-0.2, 0) is 14.8 Å². The Hall–Kier alpha value is -1.74. The molecule has 6 nitrogen and oxygen atoms in total. The van der Waals surface area contributed by atoms with Gasteiger partial charge in [0, 0.05) is 42.4 Å². The van der Waals surface area contributed by atoms with Crippen LogP contribution in [0.1, 0.15) is 15.9 Å². The number of fused-ring (bicyclic) bond motifs is 1. The quantitative estimate of drug-likeness (QED) is 0.825. The summed E-state index contributed by atoms with van der Waals surface area (Å²) in [5.74, 6) is 0.130. The van der Waals surface area contributed by atoms with E-state index in [2.05, 4.69) is 5.32 Å². The Bertz CT molecular complexity index is 910. The average molecular weight is 407 g/mol. The number of carbonyl (C=O) groups excluding carboxylic acids is 1. The van der Waals surface area contributed by atoms with Gasteiger partial charge in [-0.25, -0.2) is 8.42 Å². The first-order valence-corrected chi connectivity index (χ1v) is 11.3. The summed E-state index contributed by atoms with van der Waals surface area (Å²) in [6.45, 7) is 3.78. The van der Waals surface area contributed by atoms with Crippen molar-refractivity contribution in [3.63, 3.8) is 0 Å². The van der Waals surface area contributed by atoms with Crippen molar-refractivity contribution in [3.8, 4) is 0 Å². The van der Waals surface area contributed by atoms with Crippen LogP contribution in [0.3, 0.4) is 0 Å². The third-order valence-corrected chi connectivity index (χ3v) is 7.90. The van der Waals surface area contributed by atoms with Gasteiger partial charge in [-0.15, -0.1) is 0 Å². The first-order valence-electron chi connectivity index (χ1n) is 8.94. The third-order valence-electron chi connectivity index (χ3n) is 5.37. The fourth-order valence-corrected chi connectivity index (χ4v) is 5.87. The zero-order valence-corrected chi connectivity index (χ0v) is 16.6. The molecule has 27 heavy (non-hydrogen) atoms. The molecule has 0 bridgehead atoms. The van der Waals surface area contributed by atoms with Crippen molar-refractivity contribution in [1.29, 1.82) is 0 Å². The fraction of sp³-hybridized carbons (Fsp3) is 0.421. The molecule has 1 aromatic carbocycles. The van der Waals surface area contributed by atoms with Crippen molar-refractivity contribution >= 4 is 27.3 Å². The van der Waals surface area contributed by atoms with Crippen LogP contribution in [0.4, 0.5) is 0 Å². The van der Waals surface area contributed by atoms with Crippen LogP contribution >= 0.6 is 11.3 Å². The summed E-state index contributed by atoms with van der Waals surface area (Å²) in [4.78, 5) is 12.5. The number of hydrogen-bond donors (Lipinski definition) is 1. The molecule has 0 aliphatic carbocycles. The van der Waals surface area contributed by atoms with E-state index in [1.165, 1.54) is 15.6 Å². The van der Waals surface area contributed by atoms with Gasteiger partial charge < -0.3 is 10.1 Å². The van der Waals surface area contributed by atoms with Gasteiger partial charge in [0.1, 0.15) is 0 Å². The molecular formula is C19H22N2O4S2. The highest BCUT2D eigenvalue weighted by molar-refractivity contribution is 7.89. The van der Waals surface area contributed by atoms with E-state index in [0.717, 1.165) is 5.56 Å². The van der Waals surface area contributed by atoms with Gasteiger partial charge in [0.15, 0.2) is 0 Å². The molecule has 0 radical (unpaired) electrons. The normalized spacial score (nSPS) is 25.4. The molecule has 3 heterocycles. The minimum absolute atomic E-state index is 0.0955. The summed E-state index contributed by atoms with van der Waals surface area (Å²) in [5.41, 5.74) is 1.68. The lowest BCUT2D eigenvalue weighted by molar-refractivity contribution is 0.0933. The van der Waals surface area contributed by atoms with Gasteiger partial charge in [-0.05, 0) is 30.5 Å². The number of ether oxygens (including phenoxy) is 1. The highest BCUT2D eigenvalue weighted by atomic mass is 32.2. The van der Waals surface area contributed by atoms with Gasteiger partial charge in [0.2, 0.25) is 10.0 Å². The van der Waals surface area contributed by atoms with Gasteiger partial charge in [-0.3, -0.25) is 4.79 Å². The Morgan fingerprint density at radius 2 is 2.04 bits per heavy atom. The lowest BCUT2D eigenvalue weighted by Crippen LogP contribution is -2.35. The van der Waals surface area contributed by atoms with E-state index in [-0.39, 0.29) is 23.8 Å². The van der Waals surface area contributed by atoms with Crippen molar-refractivity contribution in [3.05, 3.63) is 52.2 Å². The van der Waals surface area contributed by atoms with E-state index < -0.39 is 10.0 Å². The van der Waals surface area contributed by atoms with E-state index in [4.69, 9.17) is 4.74 Å². The summed E-state index contributed by atoms with van der Waals surface area (Å²) < 4.78 is 33.2. The Morgan fingerprint density at radius 3 is 2.74 bits per heavy atom. The van der Waals surface area contributed by atoms with Crippen molar-refractivity contribution in [2.45, 2.75) is 17.9 Å². The second-order valence-corrected chi connectivity index (χ2v) is 9.87. The zero-order valence-electron chi connectivity index (χ0n) is 15.0. The Kier molecular flexibility index (Phi) is 5.07. The highest BCUT2D eigenvalue weighted by Gasteiger charge is 2.47. The summed E-state index contributed by atoms with van der Waals surface area (Å²) in [6, 6.07) is 8.71. The maximum Gasteiger partial charge on any atom is 0.252 e. The van der Waals surface area contributed by atoms with Gasteiger partial charge in [-0.2, -0.15) is 15.6 Å². The van der Waals surface area contributed by atoms with E-state index in [1.807, 2.05) is 29.8 Å². The fourth-order valence-electron chi connectivity index (χ4n) is 3.75. The van der Waals surface area contributed by atoms with Crippen molar-refractivity contribution in [2.75, 3.05) is 26.2 Å². The van der Waals surface area contributed by atoms with E-state index >= 15 is 0 Å². The van der Waals surface area contributed by atoms with Crippen LogP contribution in [0, 0.1) is 18.8 Å². The van der Waals surface area contributed by atoms with Crippen molar-refractivity contribution in [2.24, 2.45) is 11.8 Å². The van der Waals surface area contributed by atoms with Crippen LogP contribution in [-0.4, -0.2) is 51.0 Å². The minimum atomic E-state index is -3.52. The Labute approximate surface area is 163 Å². The number of benzene rings is 1. The molecule has 0 unspecified atom stereocenters. The molecule has 1 N–H and O–H groups in total. The molecule has 1 aromatic heterocycles. The highest BCUT2D eigenvalue weighted by Crippen LogP contribution is 2.36. The molecule has 0 spiro atoms. The number of nitrogens with zero attached hydrogens (tertiary/aromatic N) is 1. The molecule has 8 heteroatoms. The number of nitrogens with one attached hydrogen (secondary N) is 1. The Balaban J connectivity index is 1.40. The van der Waals surface area contributed by atoms with Gasteiger partial charge >= 0.3 is 0 Å². The number of amides is 1. The lowest BCUT2D eigenvalue weighted by Gasteiger charge is -2.20. The number of aryl methyl sites for hydroxylation is 1. The number of thiophene rings is 1. The van der Waals surface area contributed by atoms with Gasteiger partial charge in [-0.1, -0.05) is 17.7 Å². The predicted octanol–water partition coefficient (Wildman–Crippen LogP) is 2.12. The number of hydrogen-bond acceptors (Lipinski definition) is 5. The van der Waals surface area contributed by atoms with E-state index in [9.17, 15) is 13.2 Å². The molecule has 2 aliphatic rings. The minimum Gasteiger partial charge on any atom is -0.376 e. The Morgan fingerprint density at radius 1 is 1.26 bits per heavy atom. The van der Waals surface area contributed by atoms with Crippen LogP contribution < -0.4 is 5.32 Å². The molecule has 1 amide bonds. The molecule has 2 fully saturated rings. The van der Waals surface area contributed by atoms with Gasteiger partial charge in [0.25, 0.3) is 5.91 Å². The zero-order chi connectivity index (χ0) is 19.0. The van der Waals surface area contributed by atoms with Crippen LogP contribution in [0.25, 0.3) is 0 Å². The molecular weight excluding hydrogens is 384 g/mol. The van der Waals surface area contributed by atoms with Crippen molar-refractivity contribution < 1.29 is 17.9 Å². The topological polar surface area (TPSA) is 75.7 Å². The van der Waals surface area contributed by atoms with Crippen LogP contribution in [0.15, 0.2) is 46.0 Å². The predicted molar refractivity (Wildman–Crippen MR) is 103 cm³/mol. The number of sulfonamides is 1. The molecule has 2 aliphatic heterocycles. The maximum absolute atomic E-state index is 12.9. The SMILES string of the molecule is Cc1ccc(S(=O)(=O)N2C[C@@H]3[C@@H](CNC(=O)c4ccsc4)CO[C@@H]3C2)cc1. The summed E-state index contributed by atoms with van der Waals surface area (Å²) in [5, 5.41) is 6.63. The van der Waals surface area contributed by atoms with E-state index in [0.29, 0.717) is 36.7 Å². The molecule has 3 atom stereocenters. The number of rotatable bonds is 5. The second kappa shape index (κ2) is 7.35. The maximum atomic E-state index is 12.9. The molecule has 4 rings (SSSR count). The molecule has 0 saturated carbocycles. The smallest absolute Gasteiger partial charge is 0.252 e. The number of carbonyl (C=O) groups is 1. The summed E-state index contributed by atoms with van der Waals surface area (Å²) in [7, 11) is -3.52. The second-order valence-electron chi connectivity index (χ2n) is 7.15. The largest absolute Gasteiger partial charge is 0.376 e. The van der Waals surface area contributed by atoms with Crippen molar-refractivity contribution in [1.82, 2.24) is 9.62 Å². The van der Waals surface area contributed by atoms with Crippen LogP contribution in [0.2, 0.25) is 0 Å². The molecule has 2 saturated heterocycles.